The van der Waals surface area contributed by atoms with Gasteiger partial charge < -0.3 is 21.2 Å². The molecule has 4 N–H and O–H groups in total. The highest BCUT2D eigenvalue weighted by molar-refractivity contribution is 5.61. The van der Waals surface area contributed by atoms with Crippen molar-refractivity contribution in [3.05, 3.63) is 48.2 Å². The molecule has 0 saturated heterocycles. The fourth-order valence-corrected chi connectivity index (χ4v) is 1.67. The van der Waals surface area contributed by atoms with Gasteiger partial charge in [-0.15, -0.1) is 0 Å². The van der Waals surface area contributed by atoms with Crippen molar-refractivity contribution in [1.29, 1.82) is 5.41 Å². The van der Waals surface area contributed by atoms with Gasteiger partial charge in [-0.3, -0.25) is 0 Å². The van der Waals surface area contributed by atoms with Crippen LogP contribution >= 0.6 is 0 Å². The molecule has 1 rings (SSSR count). The molecule has 20 heavy (non-hydrogen) atoms. The fourth-order valence-electron chi connectivity index (χ4n) is 1.67. The van der Waals surface area contributed by atoms with Crippen molar-refractivity contribution >= 4 is 12.4 Å². The van der Waals surface area contributed by atoms with Gasteiger partial charge in [-0.2, -0.15) is 0 Å². The monoisotopic (exact) mass is 275 g/mol. The lowest BCUT2D eigenvalue weighted by Crippen LogP contribution is -2.06. The molecule has 0 aliphatic carbocycles. The summed E-state index contributed by atoms with van der Waals surface area (Å²) >= 11 is 0. The number of rotatable bonds is 7. The Morgan fingerprint density at radius 1 is 1.45 bits per heavy atom. The Balaban J connectivity index is 0.00000172. The molecule has 0 atom stereocenters. The Hall–Kier alpha value is -2.23. The fraction of sp³-hybridized carbons (Fsp3) is 0.312. The van der Waals surface area contributed by atoms with E-state index >= 15 is 0 Å². The van der Waals surface area contributed by atoms with Crippen LogP contribution in [0.4, 0.5) is 0 Å². The maximum Gasteiger partial charge on any atom is 0.120 e. The van der Waals surface area contributed by atoms with Crippen LogP contribution in [0.15, 0.2) is 42.6 Å². The summed E-state index contributed by atoms with van der Waals surface area (Å²) in [5, 5.41) is 8.54. The number of ether oxygens (including phenoxy) is 1. The normalized spacial score (nSPS) is 10.2. The van der Waals surface area contributed by atoms with Gasteiger partial charge in [0.05, 0.1) is 0 Å². The minimum Gasteiger partial charge on any atom is -0.489 e. The van der Waals surface area contributed by atoms with Crippen LogP contribution in [0.25, 0.3) is 5.70 Å². The van der Waals surface area contributed by atoms with Crippen molar-refractivity contribution < 1.29 is 4.74 Å². The van der Waals surface area contributed by atoms with E-state index in [-0.39, 0.29) is 0 Å². The maximum atomic E-state index is 5.76. The average molecular weight is 275 g/mol. The van der Waals surface area contributed by atoms with E-state index < -0.39 is 0 Å². The van der Waals surface area contributed by atoms with Crippen LogP contribution in [-0.2, 0) is 0 Å². The minimum atomic E-state index is 0.556. The Kier molecular flexibility index (Phi) is 9.48. The first kappa shape index (κ1) is 17.8. The highest BCUT2D eigenvalue weighted by Gasteiger charge is 2.00. The van der Waals surface area contributed by atoms with Gasteiger partial charge >= 0.3 is 0 Å². The lowest BCUT2D eigenvalue weighted by molar-refractivity contribution is 0.346. The summed E-state index contributed by atoms with van der Waals surface area (Å²) in [5.41, 5.74) is 8.37. The summed E-state index contributed by atoms with van der Waals surface area (Å²) in [5.74, 6) is 0.817. The first-order chi connectivity index (χ1) is 9.67. The van der Waals surface area contributed by atoms with Gasteiger partial charge in [0.2, 0.25) is 0 Å². The van der Waals surface area contributed by atoms with E-state index in [1.54, 1.807) is 0 Å². The summed E-state index contributed by atoms with van der Waals surface area (Å²) < 4.78 is 5.76. The average Bonchev–Trinajstić information content (AvgIpc) is 2.47. The Morgan fingerprint density at radius 2 is 2.15 bits per heavy atom. The van der Waals surface area contributed by atoms with Crippen LogP contribution in [0.2, 0.25) is 0 Å². The van der Waals surface area contributed by atoms with Crippen molar-refractivity contribution in [3.63, 3.8) is 0 Å². The van der Waals surface area contributed by atoms with Gasteiger partial charge in [-0.25, -0.2) is 0 Å². The number of benzene rings is 1. The quantitative estimate of drug-likeness (QED) is 0.669. The molecule has 1 aromatic carbocycles. The Bertz CT molecular complexity index is 441. The molecule has 0 heterocycles. The minimum absolute atomic E-state index is 0.556. The van der Waals surface area contributed by atoms with Crippen LogP contribution in [0.5, 0.6) is 5.75 Å². The molecular formula is C16H25N3O. The van der Waals surface area contributed by atoms with E-state index in [1.165, 1.54) is 5.57 Å². The molecule has 0 fully saturated rings. The van der Waals surface area contributed by atoms with Crippen LogP contribution < -0.4 is 15.8 Å². The molecule has 0 unspecified atom stereocenters. The predicted molar refractivity (Wildman–Crippen MR) is 87.0 cm³/mol. The molecule has 0 aliphatic heterocycles. The Labute approximate surface area is 121 Å². The zero-order valence-corrected chi connectivity index (χ0v) is 12.4. The highest BCUT2D eigenvalue weighted by Crippen LogP contribution is 2.17. The second kappa shape index (κ2) is 10.7. The molecule has 0 saturated carbocycles. The zero-order valence-electron chi connectivity index (χ0n) is 12.4. The number of nitrogens with one attached hydrogen (secondary N) is 2. The summed E-state index contributed by atoms with van der Waals surface area (Å²) in [6.07, 6.45) is 4.13. The van der Waals surface area contributed by atoms with E-state index in [9.17, 15) is 0 Å². The van der Waals surface area contributed by atoms with Crippen molar-refractivity contribution in [1.82, 2.24) is 5.32 Å². The second-order valence-corrected chi connectivity index (χ2v) is 4.18. The number of hydrogen-bond donors (Lipinski definition) is 3. The van der Waals surface area contributed by atoms with Gasteiger partial charge in [0.15, 0.2) is 0 Å². The van der Waals surface area contributed by atoms with Crippen molar-refractivity contribution in [2.45, 2.75) is 19.8 Å². The van der Waals surface area contributed by atoms with Crippen molar-refractivity contribution in [2.75, 3.05) is 13.7 Å². The molecule has 0 aliphatic rings. The summed E-state index contributed by atoms with van der Waals surface area (Å²) in [6, 6.07) is 7.68. The molecule has 0 spiro atoms. The molecule has 4 nitrogen and oxygen atoms in total. The topological polar surface area (TPSA) is 71.1 Å². The van der Waals surface area contributed by atoms with Gasteiger partial charge in [0.25, 0.3) is 0 Å². The lowest BCUT2D eigenvalue weighted by atomic mass is 10.1. The molecular weight excluding hydrogens is 250 g/mol. The van der Waals surface area contributed by atoms with Crippen molar-refractivity contribution in [2.24, 2.45) is 5.73 Å². The van der Waals surface area contributed by atoms with Crippen LogP contribution in [0.3, 0.4) is 0 Å². The first-order valence-electron chi connectivity index (χ1n) is 6.55. The van der Waals surface area contributed by atoms with Gasteiger partial charge in [-0.1, -0.05) is 32.1 Å². The number of nitrogens with two attached hydrogens (primary N) is 1. The molecule has 0 radical (unpaired) electrons. The third kappa shape index (κ3) is 6.64. The van der Waals surface area contributed by atoms with E-state index in [4.69, 9.17) is 15.9 Å². The van der Waals surface area contributed by atoms with Crippen LogP contribution in [-0.4, -0.2) is 20.4 Å². The third-order valence-corrected chi connectivity index (χ3v) is 2.55. The van der Waals surface area contributed by atoms with E-state index in [0.29, 0.717) is 12.3 Å². The molecule has 0 bridgehead atoms. The van der Waals surface area contributed by atoms with Gasteiger partial charge in [0.1, 0.15) is 12.4 Å². The summed E-state index contributed by atoms with van der Waals surface area (Å²) in [4.78, 5) is 0. The summed E-state index contributed by atoms with van der Waals surface area (Å²) in [6.45, 7) is 8.97. The highest BCUT2D eigenvalue weighted by atomic mass is 16.5. The molecule has 0 aromatic heterocycles. The Morgan fingerprint density at radius 3 is 2.70 bits per heavy atom. The maximum absolute atomic E-state index is 5.76. The smallest absolute Gasteiger partial charge is 0.120 e. The molecule has 110 valence electrons. The molecule has 1 aromatic rings. The van der Waals surface area contributed by atoms with E-state index in [2.05, 4.69) is 25.5 Å². The lowest BCUT2D eigenvalue weighted by Gasteiger charge is -2.10. The second-order valence-electron chi connectivity index (χ2n) is 4.18. The molecule has 4 heteroatoms. The van der Waals surface area contributed by atoms with Gasteiger partial charge in [-0.05, 0) is 37.0 Å². The number of hydrogen-bond acceptors (Lipinski definition) is 4. The van der Waals surface area contributed by atoms with Crippen LogP contribution in [0.1, 0.15) is 25.3 Å². The van der Waals surface area contributed by atoms with Crippen LogP contribution in [0, 0.1) is 5.41 Å². The SMILES string of the molecule is C=C(N)c1cccc(OC/C(=C/NC)CCC)c1.C=N. The predicted octanol–water partition coefficient (Wildman–Crippen LogP) is 3.16. The van der Waals surface area contributed by atoms with E-state index in [1.807, 2.05) is 37.5 Å². The molecule has 0 amide bonds. The third-order valence-electron chi connectivity index (χ3n) is 2.55. The summed E-state index contributed by atoms with van der Waals surface area (Å²) in [7, 11) is 1.90. The standard InChI is InChI=1S/C15H22N2O.CH3N/c1-4-6-13(10-17-3)11-18-15-8-5-7-14(9-15)12(2)16;1-2/h5,7-10,17H,2,4,6,11,16H2,1,3H3;2H,1H2/b13-10+;. The van der Waals surface area contributed by atoms with Gasteiger partial charge in [0, 0.05) is 18.3 Å². The first-order valence-corrected chi connectivity index (χ1v) is 6.55. The van der Waals surface area contributed by atoms with E-state index in [0.717, 1.165) is 24.2 Å². The zero-order chi connectivity index (χ0) is 15.4. The largest absolute Gasteiger partial charge is 0.489 e. The van der Waals surface area contributed by atoms with Crippen molar-refractivity contribution in [3.8, 4) is 5.75 Å².